The lowest BCUT2D eigenvalue weighted by Crippen LogP contribution is -2.24. The summed E-state index contributed by atoms with van der Waals surface area (Å²) in [6.45, 7) is -0.235. The van der Waals surface area contributed by atoms with Gasteiger partial charge in [-0.25, -0.2) is 10.2 Å². The van der Waals surface area contributed by atoms with Crippen molar-refractivity contribution < 1.29 is 19.1 Å². The maximum absolute atomic E-state index is 12.4. The summed E-state index contributed by atoms with van der Waals surface area (Å²) in [6, 6.07) is 18.6. The molecule has 31 heavy (non-hydrogen) atoms. The summed E-state index contributed by atoms with van der Waals surface area (Å²) in [7, 11) is 0. The zero-order valence-electron chi connectivity index (χ0n) is 15.8. The van der Waals surface area contributed by atoms with Crippen molar-refractivity contribution in [1.82, 2.24) is 5.43 Å². The SMILES string of the molecule is O=C(COc1cccc(Cl)c1)NN=Cc1cc(Br)ccc1OC(=O)c1ccc(Br)cc1. The second-order valence-electron chi connectivity index (χ2n) is 6.12. The van der Waals surface area contributed by atoms with E-state index in [9.17, 15) is 9.59 Å². The fourth-order valence-corrected chi connectivity index (χ4v) is 3.19. The Labute approximate surface area is 200 Å². The number of rotatable bonds is 7. The number of carbonyl (C=O) groups excluding carboxylic acids is 2. The largest absolute Gasteiger partial charge is 0.484 e. The Bertz CT molecular complexity index is 1120. The summed E-state index contributed by atoms with van der Waals surface area (Å²) in [5.41, 5.74) is 3.26. The molecule has 158 valence electrons. The molecule has 0 radical (unpaired) electrons. The van der Waals surface area contributed by atoms with Crippen molar-refractivity contribution in [3.05, 3.63) is 91.8 Å². The Hall–Kier alpha value is -2.68. The second kappa shape index (κ2) is 11.1. The number of benzene rings is 3. The molecule has 0 aromatic heterocycles. The third-order valence-corrected chi connectivity index (χ3v) is 5.07. The lowest BCUT2D eigenvalue weighted by molar-refractivity contribution is -0.123. The van der Waals surface area contributed by atoms with Gasteiger partial charge in [-0.05, 0) is 60.7 Å². The molecule has 9 heteroatoms. The molecule has 3 aromatic rings. The Morgan fingerprint density at radius 2 is 1.74 bits per heavy atom. The number of hydrogen-bond acceptors (Lipinski definition) is 5. The van der Waals surface area contributed by atoms with Gasteiger partial charge < -0.3 is 9.47 Å². The molecule has 1 amide bonds. The van der Waals surface area contributed by atoms with Gasteiger partial charge in [0.2, 0.25) is 0 Å². The van der Waals surface area contributed by atoms with E-state index in [1.807, 2.05) is 0 Å². The molecule has 0 saturated carbocycles. The molecule has 0 aliphatic rings. The van der Waals surface area contributed by atoms with Gasteiger partial charge in [-0.15, -0.1) is 0 Å². The van der Waals surface area contributed by atoms with E-state index in [1.165, 1.54) is 6.21 Å². The Balaban J connectivity index is 1.61. The van der Waals surface area contributed by atoms with Crippen molar-refractivity contribution in [2.75, 3.05) is 6.61 Å². The topological polar surface area (TPSA) is 77.0 Å². The van der Waals surface area contributed by atoms with Crippen molar-refractivity contribution >= 4 is 61.6 Å². The first-order valence-corrected chi connectivity index (χ1v) is 10.8. The van der Waals surface area contributed by atoms with E-state index < -0.39 is 11.9 Å². The monoisotopic (exact) mass is 564 g/mol. The summed E-state index contributed by atoms with van der Waals surface area (Å²) in [5.74, 6) is -0.201. The van der Waals surface area contributed by atoms with E-state index in [0.717, 1.165) is 8.95 Å². The summed E-state index contributed by atoms with van der Waals surface area (Å²) < 4.78 is 12.5. The fraction of sp³-hybridized carbons (Fsp3) is 0.0455. The van der Waals surface area contributed by atoms with Crippen LogP contribution in [-0.2, 0) is 4.79 Å². The zero-order chi connectivity index (χ0) is 22.2. The summed E-state index contributed by atoms with van der Waals surface area (Å²) in [4.78, 5) is 24.4. The first kappa shape index (κ1) is 23.0. The van der Waals surface area contributed by atoms with E-state index in [-0.39, 0.29) is 6.61 Å². The van der Waals surface area contributed by atoms with Gasteiger partial charge in [0.1, 0.15) is 11.5 Å². The highest BCUT2D eigenvalue weighted by Crippen LogP contribution is 2.23. The molecule has 6 nitrogen and oxygen atoms in total. The predicted molar refractivity (Wildman–Crippen MR) is 126 cm³/mol. The maximum atomic E-state index is 12.4. The smallest absolute Gasteiger partial charge is 0.343 e. The molecule has 0 heterocycles. The molecule has 0 atom stereocenters. The molecule has 0 spiro atoms. The van der Waals surface area contributed by atoms with Crippen LogP contribution in [0, 0.1) is 0 Å². The van der Waals surface area contributed by atoms with E-state index in [1.54, 1.807) is 66.7 Å². The van der Waals surface area contributed by atoms with Crippen molar-refractivity contribution in [1.29, 1.82) is 0 Å². The van der Waals surface area contributed by atoms with Crippen LogP contribution >= 0.6 is 43.5 Å². The maximum Gasteiger partial charge on any atom is 0.343 e. The molecule has 0 fully saturated rings. The molecular weight excluding hydrogens is 552 g/mol. The highest BCUT2D eigenvalue weighted by atomic mass is 79.9. The van der Waals surface area contributed by atoms with Crippen molar-refractivity contribution in [3.63, 3.8) is 0 Å². The van der Waals surface area contributed by atoms with Crippen molar-refractivity contribution in [3.8, 4) is 11.5 Å². The minimum absolute atomic E-state index is 0.235. The van der Waals surface area contributed by atoms with Crippen molar-refractivity contribution in [2.24, 2.45) is 5.10 Å². The fourth-order valence-electron chi connectivity index (χ4n) is 2.37. The van der Waals surface area contributed by atoms with Gasteiger partial charge in [0.15, 0.2) is 6.61 Å². The second-order valence-corrected chi connectivity index (χ2v) is 8.39. The number of esters is 1. The van der Waals surface area contributed by atoms with E-state index >= 15 is 0 Å². The number of carbonyl (C=O) groups is 2. The Kier molecular flexibility index (Phi) is 8.22. The van der Waals surface area contributed by atoms with Gasteiger partial charge in [-0.2, -0.15) is 5.10 Å². The summed E-state index contributed by atoms with van der Waals surface area (Å²) >= 11 is 12.6. The first-order chi connectivity index (χ1) is 14.9. The molecule has 0 bridgehead atoms. The summed E-state index contributed by atoms with van der Waals surface area (Å²) in [5, 5.41) is 4.43. The van der Waals surface area contributed by atoms with Gasteiger partial charge in [-0.3, -0.25) is 4.79 Å². The molecule has 0 aliphatic carbocycles. The van der Waals surface area contributed by atoms with E-state index in [2.05, 4.69) is 42.4 Å². The third kappa shape index (κ3) is 7.20. The number of nitrogens with zero attached hydrogens (tertiary/aromatic N) is 1. The highest BCUT2D eigenvalue weighted by Gasteiger charge is 2.12. The van der Waals surface area contributed by atoms with Gasteiger partial charge in [-0.1, -0.05) is 49.5 Å². The number of amides is 1. The van der Waals surface area contributed by atoms with Crippen LogP contribution in [0.15, 0.2) is 80.8 Å². The van der Waals surface area contributed by atoms with Gasteiger partial charge >= 0.3 is 5.97 Å². The number of halogens is 3. The zero-order valence-corrected chi connectivity index (χ0v) is 19.8. The van der Waals surface area contributed by atoms with Crippen LogP contribution < -0.4 is 14.9 Å². The van der Waals surface area contributed by atoms with Crippen molar-refractivity contribution in [2.45, 2.75) is 0 Å². The van der Waals surface area contributed by atoms with Gasteiger partial charge in [0.05, 0.1) is 11.8 Å². The van der Waals surface area contributed by atoms with Crippen LogP contribution in [0.25, 0.3) is 0 Å². The first-order valence-electron chi connectivity index (χ1n) is 8.88. The van der Waals surface area contributed by atoms with E-state index in [0.29, 0.717) is 27.6 Å². The Morgan fingerprint density at radius 1 is 1.00 bits per heavy atom. The van der Waals surface area contributed by atoms with E-state index in [4.69, 9.17) is 21.1 Å². The Morgan fingerprint density at radius 3 is 2.48 bits per heavy atom. The lowest BCUT2D eigenvalue weighted by Gasteiger charge is -2.08. The average molecular weight is 567 g/mol. The quantitative estimate of drug-likeness (QED) is 0.175. The molecule has 1 N–H and O–H groups in total. The molecule has 0 aliphatic heterocycles. The van der Waals surface area contributed by atoms with Gasteiger partial charge in [0, 0.05) is 19.5 Å². The minimum atomic E-state index is -0.511. The number of hydrazone groups is 1. The van der Waals surface area contributed by atoms with Crippen LogP contribution in [0.4, 0.5) is 0 Å². The third-order valence-electron chi connectivity index (χ3n) is 3.81. The van der Waals surface area contributed by atoms with Crippen LogP contribution in [-0.4, -0.2) is 24.7 Å². The molecule has 3 aromatic carbocycles. The molecule has 0 saturated heterocycles. The number of nitrogens with one attached hydrogen (secondary N) is 1. The average Bonchev–Trinajstić information content (AvgIpc) is 2.74. The number of ether oxygens (including phenoxy) is 2. The number of hydrogen-bond donors (Lipinski definition) is 1. The van der Waals surface area contributed by atoms with Crippen LogP contribution in [0.3, 0.4) is 0 Å². The predicted octanol–water partition coefficient (Wildman–Crippen LogP) is 5.61. The molecule has 0 unspecified atom stereocenters. The highest BCUT2D eigenvalue weighted by molar-refractivity contribution is 9.10. The van der Waals surface area contributed by atoms with Gasteiger partial charge in [0.25, 0.3) is 5.91 Å². The minimum Gasteiger partial charge on any atom is -0.484 e. The molecule has 3 rings (SSSR count). The standard InChI is InChI=1S/C22H15Br2ClN2O4/c23-16-6-4-14(5-7-16)22(29)31-20-9-8-17(24)10-15(20)12-26-27-21(28)13-30-19-3-1-2-18(25)11-19/h1-12H,13H2,(H,27,28). The normalized spacial score (nSPS) is 10.7. The van der Waals surface area contributed by atoms with Crippen LogP contribution in [0.5, 0.6) is 11.5 Å². The van der Waals surface area contributed by atoms with Crippen LogP contribution in [0.2, 0.25) is 5.02 Å². The summed E-state index contributed by atoms with van der Waals surface area (Å²) in [6.07, 6.45) is 1.38. The van der Waals surface area contributed by atoms with Crippen LogP contribution in [0.1, 0.15) is 15.9 Å². The molecular formula is C22H15Br2ClN2O4. The lowest BCUT2D eigenvalue weighted by atomic mass is 10.2.